The lowest BCUT2D eigenvalue weighted by Crippen LogP contribution is -2.29. The molecule has 0 radical (unpaired) electrons. The molecule has 0 bridgehead atoms. The summed E-state index contributed by atoms with van der Waals surface area (Å²) < 4.78 is 5.57. The molecule has 0 unspecified atom stereocenters. The summed E-state index contributed by atoms with van der Waals surface area (Å²) in [5.74, 6) is 0.211. The van der Waals surface area contributed by atoms with Crippen molar-refractivity contribution >= 4 is 12.3 Å². The van der Waals surface area contributed by atoms with E-state index in [0.717, 1.165) is 44.8 Å². The van der Waals surface area contributed by atoms with Crippen LogP contribution in [0.3, 0.4) is 0 Å². The maximum atomic E-state index is 12.0. The van der Waals surface area contributed by atoms with Crippen molar-refractivity contribution in [1.29, 1.82) is 0 Å². The van der Waals surface area contributed by atoms with Crippen LogP contribution in [-0.4, -0.2) is 18.4 Å². The van der Waals surface area contributed by atoms with Gasteiger partial charge >= 0.3 is 5.97 Å². The quantitative estimate of drug-likeness (QED) is 0.561. The molecule has 0 aromatic heterocycles. The number of aldehydes is 1. The fraction of sp³-hybridized carbons (Fsp3) is 0.857. The highest BCUT2D eigenvalue weighted by Gasteiger charge is 2.29. The average Bonchev–Trinajstić information content (AvgIpc) is 2.40. The zero-order valence-corrected chi connectivity index (χ0v) is 10.4. The summed E-state index contributed by atoms with van der Waals surface area (Å²) in [5, 5.41) is 0. The number of carbonyl (C=O) groups is 2. The van der Waals surface area contributed by atoms with Gasteiger partial charge in [-0.1, -0.05) is 6.42 Å². The van der Waals surface area contributed by atoms with Crippen LogP contribution < -0.4 is 0 Å². The van der Waals surface area contributed by atoms with E-state index in [1.165, 1.54) is 19.3 Å². The number of hydrogen-bond donors (Lipinski definition) is 0. The molecule has 2 aliphatic carbocycles. The SMILES string of the molecule is O=CC1CCC(C(=O)OC2CCCCC2)CC1. The fourth-order valence-electron chi connectivity index (χ4n) is 2.93. The maximum absolute atomic E-state index is 12.0. The smallest absolute Gasteiger partial charge is 0.309 e. The third-order valence-corrected chi connectivity index (χ3v) is 4.13. The standard InChI is InChI=1S/C14H22O3/c15-10-11-6-8-12(9-7-11)14(16)17-13-4-2-1-3-5-13/h10-13H,1-9H2. The van der Waals surface area contributed by atoms with E-state index in [1.54, 1.807) is 0 Å². The highest BCUT2D eigenvalue weighted by Crippen LogP contribution is 2.30. The first-order chi connectivity index (χ1) is 8.29. The van der Waals surface area contributed by atoms with E-state index in [0.29, 0.717) is 0 Å². The third-order valence-electron chi connectivity index (χ3n) is 4.13. The average molecular weight is 238 g/mol. The van der Waals surface area contributed by atoms with Crippen molar-refractivity contribution in [3.63, 3.8) is 0 Å². The Bertz CT molecular complexity index is 261. The van der Waals surface area contributed by atoms with Crippen LogP contribution >= 0.6 is 0 Å². The molecule has 0 atom stereocenters. The van der Waals surface area contributed by atoms with Crippen LogP contribution in [0.15, 0.2) is 0 Å². The molecular weight excluding hydrogens is 216 g/mol. The number of hydrogen-bond acceptors (Lipinski definition) is 3. The van der Waals surface area contributed by atoms with Gasteiger partial charge in [0.15, 0.2) is 0 Å². The summed E-state index contributed by atoms with van der Waals surface area (Å²) in [6.07, 6.45) is 10.3. The van der Waals surface area contributed by atoms with Crippen LogP contribution in [0.2, 0.25) is 0 Å². The van der Waals surface area contributed by atoms with Crippen molar-refractivity contribution in [3.8, 4) is 0 Å². The third kappa shape index (κ3) is 3.55. The van der Waals surface area contributed by atoms with Crippen LogP contribution in [0.4, 0.5) is 0 Å². The summed E-state index contributed by atoms with van der Waals surface area (Å²) in [7, 11) is 0. The molecule has 2 fully saturated rings. The monoisotopic (exact) mass is 238 g/mol. The largest absolute Gasteiger partial charge is 0.462 e. The van der Waals surface area contributed by atoms with E-state index in [-0.39, 0.29) is 23.9 Å². The van der Waals surface area contributed by atoms with Crippen LogP contribution in [-0.2, 0) is 14.3 Å². The first-order valence-corrected chi connectivity index (χ1v) is 6.95. The Morgan fingerprint density at radius 3 is 2.18 bits per heavy atom. The van der Waals surface area contributed by atoms with Gasteiger partial charge in [0.1, 0.15) is 12.4 Å². The minimum absolute atomic E-state index is 0.0127. The normalized spacial score (nSPS) is 30.8. The van der Waals surface area contributed by atoms with Gasteiger partial charge in [0.25, 0.3) is 0 Å². The molecule has 2 aliphatic rings. The second-order valence-electron chi connectivity index (χ2n) is 5.44. The minimum Gasteiger partial charge on any atom is -0.462 e. The Balaban J connectivity index is 1.74. The maximum Gasteiger partial charge on any atom is 0.309 e. The lowest BCUT2D eigenvalue weighted by molar-refractivity contribution is -0.157. The van der Waals surface area contributed by atoms with Crippen LogP contribution in [0.25, 0.3) is 0 Å². The van der Waals surface area contributed by atoms with E-state index in [1.807, 2.05) is 0 Å². The van der Waals surface area contributed by atoms with Gasteiger partial charge < -0.3 is 9.53 Å². The van der Waals surface area contributed by atoms with Gasteiger partial charge in [0.2, 0.25) is 0 Å². The summed E-state index contributed by atoms with van der Waals surface area (Å²) in [4.78, 5) is 22.6. The van der Waals surface area contributed by atoms with E-state index >= 15 is 0 Å². The molecule has 3 heteroatoms. The van der Waals surface area contributed by atoms with Gasteiger partial charge in [-0.15, -0.1) is 0 Å². The molecule has 0 N–H and O–H groups in total. The zero-order chi connectivity index (χ0) is 12.1. The topological polar surface area (TPSA) is 43.4 Å². The molecule has 3 nitrogen and oxygen atoms in total. The molecule has 0 heterocycles. The van der Waals surface area contributed by atoms with Crippen molar-refractivity contribution in [3.05, 3.63) is 0 Å². The molecule has 0 aromatic carbocycles. The Morgan fingerprint density at radius 2 is 1.59 bits per heavy atom. The van der Waals surface area contributed by atoms with Gasteiger partial charge in [-0.3, -0.25) is 4.79 Å². The first-order valence-electron chi connectivity index (χ1n) is 6.95. The highest BCUT2D eigenvalue weighted by molar-refractivity contribution is 5.73. The van der Waals surface area contributed by atoms with Crippen molar-refractivity contribution < 1.29 is 14.3 Å². The molecule has 0 amide bonds. The summed E-state index contributed by atoms with van der Waals surface area (Å²) >= 11 is 0. The Labute approximate surface area is 103 Å². The number of carbonyl (C=O) groups excluding carboxylic acids is 2. The molecule has 2 rings (SSSR count). The van der Waals surface area contributed by atoms with Gasteiger partial charge in [-0.2, -0.15) is 0 Å². The lowest BCUT2D eigenvalue weighted by Gasteiger charge is -2.27. The number of ether oxygens (including phenoxy) is 1. The van der Waals surface area contributed by atoms with E-state index in [9.17, 15) is 9.59 Å². The fourth-order valence-corrected chi connectivity index (χ4v) is 2.93. The lowest BCUT2D eigenvalue weighted by atomic mass is 9.83. The molecule has 17 heavy (non-hydrogen) atoms. The van der Waals surface area contributed by atoms with Crippen molar-refractivity contribution in [2.45, 2.75) is 63.9 Å². The Morgan fingerprint density at radius 1 is 0.941 bits per heavy atom. The zero-order valence-electron chi connectivity index (χ0n) is 10.4. The molecular formula is C14H22O3. The van der Waals surface area contributed by atoms with Crippen molar-refractivity contribution in [2.75, 3.05) is 0 Å². The van der Waals surface area contributed by atoms with Crippen LogP contribution in [0.5, 0.6) is 0 Å². The van der Waals surface area contributed by atoms with Gasteiger partial charge in [0, 0.05) is 5.92 Å². The van der Waals surface area contributed by atoms with Crippen molar-refractivity contribution in [2.24, 2.45) is 11.8 Å². The number of rotatable bonds is 3. The predicted molar refractivity (Wildman–Crippen MR) is 64.5 cm³/mol. The predicted octanol–water partition coefficient (Wildman–Crippen LogP) is 2.87. The summed E-state index contributed by atoms with van der Waals surface area (Å²) in [6, 6.07) is 0. The van der Waals surface area contributed by atoms with Crippen LogP contribution in [0, 0.1) is 11.8 Å². The van der Waals surface area contributed by atoms with E-state index in [2.05, 4.69) is 0 Å². The summed E-state index contributed by atoms with van der Waals surface area (Å²) in [6.45, 7) is 0. The number of esters is 1. The van der Waals surface area contributed by atoms with Gasteiger partial charge in [0.05, 0.1) is 5.92 Å². The Hall–Kier alpha value is -0.860. The molecule has 0 saturated heterocycles. The van der Waals surface area contributed by atoms with E-state index in [4.69, 9.17) is 4.74 Å². The summed E-state index contributed by atoms with van der Waals surface area (Å²) in [5.41, 5.74) is 0. The highest BCUT2D eigenvalue weighted by atomic mass is 16.5. The second-order valence-corrected chi connectivity index (χ2v) is 5.44. The van der Waals surface area contributed by atoms with Gasteiger partial charge in [-0.25, -0.2) is 0 Å². The molecule has 0 aliphatic heterocycles. The molecule has 0 spiro atoms. The van der Waals surface area contributed by atoms with E-state index < -0.39 is 0 Å². The minimum atomic E-state index is -0.0127. The van der Waals surface area contributed by atoms with Crippen molar-refractivity contribution in [1.82, 2.24) is 0 Å². The molecule has 2 saturated carbocycles. The molecule has 96 valence electrons. The second kappa shape index (κ2) is 6.18. The first kappa shape index (κ1) is 12.6. The Kier molecular flexibility index (Phi) is 4.57. The van der Waals surface area contributed by atoms with Crippen LogP contribution in [0.1, 0.15) is 57.8 Å². The molecule has 0 aromatic rings. The van der Waals surface area contributed by atoms with Gasteiger partial charge in [-0.05, 0) is 51.4 Å².